The smallest absolute Gasteiger partial charge is 0.431 e. The minimum absolute atomic E-state index is 0.133. The molecule has 0 saturated carbocycles. The number of hydrogen-bond donors (Lipinski definition) is 1. The predicted octanol–water partition coefficient (Wildman–Crippen LogP) is 3.35. The molecule has 0 spiro atoms. The van der Waals surface area contributed by atoms with Gasteiger partial charge in [0, 0.05) is 23.9 Å². The Labute approximate surface area is 115 Å². The van der Waals surface area contributed by atoms with Crippen LogP contribution in [0.2, 0.25) is 0 Å². The molecule has 0 amide bonds. The number of carbonyl (C=O) groups excluding carboxylic acids is 1. The first-order chi connectivity index (χ1) is 8.58. The maximum atomic E-state index is 11.7. The topological polar surface area (TPSA) is 59.0 Å². The van der Waals surface area contributed by atoms with Gasteiger partial charge in [0.25, 0.3) is 0 Å². The molecule has 1 atom stereocenters. The minimum atomic E-state index is -0.614. The summed E-state index contributed by atoms with van der Waals surface area (Å²) in [5.74, 6) is 0. The summed E-state index contributed by atoms with van der Waals surface area (Å²) in [5.41, 5.74) is -0.855. The fourth-order valence-electron chi connectivity index (χ4n) is 2.67. The highest BCUT2D eigenvalue weighted by atomic mass is 16.7. The molecule has 1 unspecified atom stereocenters. The van der Waals surface area contributed by atoms with Gasteiger partial charge in [0.1, 0.15) is 12.2 Å². The molecule has 1 aliphatic heterocycles. The van der Waals surface area contributed by atoms with Crippen molar-refractivity contribution < 1.29 is 19.5 Å². The van der Waals surface area contributed by atoms with Gasteiger partial charge in [-0.3, -0.25) is 0 Å². The van der Waals surface area contributed by atoms with Gasteiger partial charge < -0.3 is 14.7 Å². The van der Waals surface area contributed by atoms with Gasteiger partial charge in [-0.05, 0) is 41.0 Å². The summed E-state index contributed by atoms with van der Waals surface area (Å²) < 4.78 is 10.5. The zero-order valence-electron chi connectivity index (χ0n) is 12.9. The third-order valence-corrected chi connectivity index (χ3v) is 3.74. The summed E-state index contributed by atoms with van der Waals surface area (Å²) in [7, 11) is 0. The van der Waals surface area contributed by atoms with Crippen LogP contribution in [0, 0.1) is 0 Å². The van der Waals surface area contributed by atoms with Crippen LogP contribution in [0.15, 0.2) is 0 Å². The average molecular weight is 273 g/mol. The highest BCUT2D eigenvalue weighted by Crippen LogP contribution is 2.38. The third kappa shape index (κ3) is 4.08. The number of hydroxylamine groups is 2. The van der Waals surface area contributed by atoms with Crippen LogP contribution in [-0.2, 0) is 9.47 Å². The number of carbonyl (C=O) groups is 1. The lowest BCUT2D eigenvalue weighted by Gasteiger charge is -2.50. The van der Waals surface area contributed by atoms with Gasteiger partial charge in [-0.25, -0.2) is 4.79 Å². The lowest BCUT2D eigenvalue weighted by Crippen LogP contribution is -2.60. The van der Waals surface area contributed by atoms with Crippen LogP contribution in [0.5, 0.6) is 0 Å². The summed E-state index contributed by atoms with van der Waals surface area (Å²) in [6.45, 7) is 11.5. The van der Waals surface area contributed by atoms with E-state index in [1.54, 1.807) is 0 Å². The molecule has 1 aliphatic rings. The Morgan fingerprint density at radius 3 is 2.21 bits per heavy atom. The van der Waals surface area contributed by atoms with Crippen molar-refractivity contribution in [3.8, 4) is 0 Å². The molecular formula is C14H27NO4. The van der Waals surface area contributed by atoms with Crippen molar-refractivity contribution in [1.82, 2.24) is 5.06 Å². The first kappa shape index (κ1) is 16.2. The van der Waals surface area contributed by atoms with Crippen LogP contribution < -0.4 is 0 Å². The molecule has 1 fully saturated rings. The van der Waals surface area contributed by atoms with Crippen molar-refractivity contribution in [3.63, 3.8) is 0 Å². The molecule has 5 nitrogen and oxygen atoms in total. The van der Waals surface area contributed by atoms with Crippen molar-refractivity contribution in [2.24, 2.45) is 0 Å². The molecule has 1 heterocycles. The van der Waals surface area contributed by atoms with Crippen LogP contribution in [-0.4, -0.2) is 39.7 Å². The van der Waals surface area contributed by atoms with Crippen LogP contribution in [0.1, 0.15) is 60.8 Å². The second kappa shape index (κ2) is 5.67. The molecule has 0 aromatic carbocycles. The summed E-state index contributed by atoms with van der Waals surface area (Å²) in [4.78, 5) is 11.7. The van der Waals surface area contributed by atoms with E-state index < -0.39 is 17.2 Å². The van der Waals surface area contributed by atoms with Gasteiger partial charge in [-0.1, -0.05) is 6.92 Å². The monoisotopic (exact) mass is 273 g/mol. The number of nitrogens with zero attached hydrogens (tertiary/aromatic N) is 1. The molecule has 0 radical (unpaired) electrons. The summed E-state index contributed by atoms with van der Waals surface area (Å²) in [6, 6.07) is 0. The minimum Gasteiger partial charge on any atom is -0.431 e. The van der Waals surface area contributed by atoms with Crippen molar-refractivity contribution in [3.05, 3.63) is 0 Å². The van der Waals surface area contributed by atoms with E-state index in [0.29, 0.717) is 12.8 Å². The lowest BCUT2D eigenvalue weighted by molar-refractivity contribution is -0.258. The standard InChI is InChI=1S/C14H27NO4/c1-7-10(2)18-12(16)19-11-8-13(3,4)15(17)14(5,6)9-11/h10-11,17H,7-9H2,1-6H3. The molecule has 0 bridgehead atoms. The second-order valence-corrected chi connectivity index (χ2v) is 6.67. The van der Waals surface area contributed by atoms with E-state index in [1.165, 1.54) is 5.06 Å². The van der Waals surface area contributed by atoms with E-state index in [0.717, 1.165) is 6.42 Å². The van der Waals surface area contributed by atoms with Gasteiger partial charge in [0.15, 0.2) is 0 Å². The molecular weight excluding hydrogens is 246 g/mol. The second-order valence-electron chi connectivity index (χ2n) is 6.67. The lowest BCUT2D eigenvalue weighted by atomic mass is 9.80. The van der Waals surface area contributed by atoms with Gasteiger partial charge in [-0.15, -0.1) is 0 Å². The van der Waals surface area contributed by atoms with Crippen molar-refractivity contribution >= 4 is 6.16 Å². The molecule has 1 rings (SSSR count). The Bertz CT molecular complexity index is 309. The number of hydrogen-bond acceptors (Lipinski definition) is 5. The largest absolute Gasteiger partial charge is 0.508 e. The van der Waals surface area contributed by atoms with E-state index >= 15 is 0 Å². The highest BCUT2D eigenvalue weighted by molar-refractivity contribution is 5.60. The quantitative estimate of drug-likeness (QED) is 0.799. The van der Waals surface area contributed by atoms with Crippen molar-refractivity contribution in [1.29, 1.82) is 0 Å². The summed E-state index contributed by atoms with van der Waals surface area (Å²) in [5, 5.41) is 11.5. The summed E-state index contributed by atoms with van der Waals surface area (Å²) >= 11 is 0. The fraction of sp³-hybridized carbons (Fsp3) is 0.929. The fourth-order valence-corrected chi connectivity index (χ4v) is 2.67. The maximum absolute atomic E-state index is 11.7. The van der Waals surface area contributed by atoms with Crippen molar-refractivity contribution in [2.45, 2.75) is 84.1 Å². The van der Waals surface area contributed by atoms with Gasteiger partial charge in [-0.2, -0.15) is 5.06 Å². The molecule has 0 aliphatic carbocycles. The molecule has 19 heavy (non-hydrogen) atoms. The van der Waals surface area contributed by atoms with Gasteiger partial charge in [0.2, 0.25) is 0 Å². The molecule has 1 N–H and O–H groups in total. The molecule has 1 saturated heterocycles. The zero-order valence-corrected chi connectivity index (χ0v) is 12.9. The average Bonchev–Trinajstić information content (AvgIpc) is 2.24. The Morgan fingerprint density at radius 2 is 1.79 bits per heavy atom. The Morgan fingerprint density at radius 1 is 1.32 bits per heavy atom. The Balaban J connectivity index is 2.63. The highest BCUT2D eigenvalue weighted by Gasteiger charge is 2.46. The summed E-state index contributed by atoms with van der Waals surface area (Å²) in [6.07, 6.45) is 0.959. The predicted molar refractivity (Wildman–Crippen MR) is 72.1 cm³/mol. The van der Waals surface area contributed by atoms with Crippen LogP contribution in [0.3, 0.4) is 0 Å². The first-order valence-electron chi connectivity index (χ1n) is 6.95. The zero-order chi connectivity index (χ0) is 14.8. The SMILES string of the molecule is CCC(C)OC(=O)OC1CC(C)(C)N(O)C(C)(C)C1. The maximum Gasteiger partial charge on any atom is 0.508 e. The van der Waals surface area contributed by atoms with E-state index in [2.05, 4.69) is 0 Å². The van der Waals surface area contributed by atoms with E-state index in [4.69, 9.17) is 9.47 Å². The van der Waals surface area contributed by atoms with Crippen LogP contribution >= 0.6 is 0 Å². The Kier molecular flexibility index (Phi) is 4.85. The van der Waals surface area contributed by atoms with Crippen molar-refractivity contribution in [2.75, 3.05) is 0 Å². The molecule has 5 heteroatoms. The Hall–Kier alpha value is -0.810. The number of ether oxygens (including phenoxy) is 2. The van der Waals surface area contributed by atoms with Gasteiger partial charge in [0.05, 0.1) is 0 Å². The number of rotatable bonds is 3. The first-order valence-corrected chi connectivity index (χ1v) is 6.95. The number of piperidine rings is 1. The van der Waals surface area contributed by atoms with Crippen LogP contribution in [0.4, 0.5) is 4.79 Å². The van der Waals surface area contributed by atoms with Crippen LogP contribution in [0.25, 0.3) is 0 Å². The van der Waals surface area contributed by atoms with E-state index in [9.17, 15) is 10.0 Å². The van der Waals surface area contributed by atoms with Gasteiger partial charge >= 0.3 is 6.16 Å². The molecule has 0 aromatic rings. The molecule has 0 aromatic heterocycles. The normalized spacial score (nSPS) is 24.8. The van der Waals surface area contributed by atoms with E-state index in [-0.39, 0.29) is 12.2 Å². The third-order valence-electron chi connectivity index (χ3n) is 3.74. The van der Waals surface area contributed by atoms with E-state index in [1.807, 2.05) is 41.5 Å². The molecule has 112 valence electrons.